The van der Waals surface area contributed by atoms with E-state index in [1.165, 1.54) is 12.0 Å². The van der Waals surface area contributed by atoms with Gasteiger partial charge in [-0.1, -0.05) is 0 Å². The van der Waals surface area contributed by atoms with Crippen LogP contribution in [0.25, 0.3) is 0 Å². The van der Waals surface area contributed by atoms with Crippen LogP contribution < -0.4 is 9.47 Å². The maximum atomic E-state index is 5.48. The largest absolute Gasteiger partial charge is 0.497 e. The van der Waals surface area contributed by atoms with Crippen LogP contribution in [0.1, 0.15) is 12.0 Å². The maximum absolute atomic E-state index is 5.48. The van der Waals surface area contributed by atoms with E-state index >= 15 is 0 Å². The van der Waals surface area contributed by atoms with Gasteiger partial charge >= 0.3 is 0 Å². The van der Waals surface area contributed by atoms with Gasteiger partial charge in [0.2, 0.25) is 0 Å². The molecular weight excluding hydrogens is 286 g/mol. The molecule has 2 aliphatic rings. The fourth-order valence-electron chi connectivity index (χ4n) is 3.27. The molecule has 0 N–H and O–H groups in total. The molecule has 0 radical (unpaired) electrons. The van der Waals surface area contributed by atoms with Crippen LogP contribution in [0.5, 0.6) is 11.5 Å². The molecule has 2 aliphatic heterocycles. The summed E-state index contributed by atoms with van der Waals surface area (Å²) in [6.45, 7) is 3.25. The van der Waals surface area contributed by atoms with Gasteiger partial charge in [0.1, 0.15) is 11.5 Å². The Morgan fingerprint density at radius 3 is 2.33 bits per heavy atom. The quantitative estimate of drug-likeness (QED) is 0.834. The van der Waals surface area contributed by atoms with Crippen molar-refractivity contribution < 1.29 is 14.2 Å². The monoisotopic (exact) mass is 309 g/mol. The molecule has 0 amide bonds. The summed E-state index contributed by atoms with van der Waals surface area (Å²) in [5.74, 6) is 2.85. The van der Waals surface area contributed by atoms with E-state index in [9.17, 15) is 0 Å². The van der Waals surface area contributed by atoms with Crippen molar-refractivity contribution in [3.63, 3.8) is 0 Å². The van der Waals surface area contributed by atoms with Crippen molar-refractivity contribution in [3.05, 3.63) is 23.8 Å². The minimum Gasteiger partial charge on any atom is -0.497 e. The molecule has 2 saturated heterocycles. The summed E-state index contributed by atoms with van der Waals surface area (Å²) in [6.07, 6.45) is 1.63. The second-order valence-corrected chi connectivity index (χ2v) is 7.41. The Labute approximate surface area is 130 Å². The van der Waals surface area contributed by atoms with Gasteiger partial charge in [0.05, 0.1) is 20.3 Å². The predicted octanol–water partition coefficient (Wildman–Crippen LogP) is 2.41. The molecule has 0 saturated carbocycles. The molecule has 0 unspecified atom stereocenters. The average Bonchev–Trinajstić information content (AvgIpc) is 2.91. The number of hydrogen-bond acceptors (Lipinski definition) is 5. The van der Waals surface area contributed by atoms with Gasteiger partial charge in [0.15, 0.2) is 0 Å². The molecule has 5 heteroatoms. The van der Waals surface area contributed by atoms with Gasteiger partial charge in [-0.05, 0) is 24.1 Å². The van der Waals surface area contributed by atoms with Crippen LogP contribution in [0, 0.1) is 0 Å². The van der Waals surface area contributed by atoms with Crippen molar-refractivity contribution in [2.24, 2.45) is 0 Å². The highest BCUT2D eigenvalue weighted by Gasteiger charge is 2.48. The van der Waals surface area contributed by atoms with Gasteiger partial charge in [0, 0.05) is 43.3 Å². The van der Waals surface area contributed by atoms with E-state index in [2.05, 4.69) is 28.8 Å². The predicted molar refractivity (Wildman–Crippen MR) is 85.4 cm³/mol. The van der Waals surface area contributed by atoms with Crippen molar-refractivity contribution in [2.75, 3.05) is 40.2 Å². The Hall–Kier alpha value is -0.910. The molecule has 2 fully saturated rings. The van der Waals surface area contributed by atoms with Gasteiger partial charge in [-0.15, -0.1) is 11.8 Å². The minimum atomic E-state index is 0.434. The molecular formula is C16H23NO3S. The van der Waals surface area contributed by atoms with E-state index in [0.29, 0.717) is 10.9 Å². The summed E-state index contributed by atoms with van der Waals surface area (Å²) in [4.78, 5) is 2.49. The molecule has 2 heterocycles. The zero-order valence-electron chi connectivity index (χ0n) is 12.9. The Morgan fingerprint density at radius 2 is 1.81 bits per heavy atom. The van der Waals surface area contributed by atoms with Crippen molar-refractivity contribution >= 4 is 11.8 Å². The summed E-state index contributed by atoms with van der Waals surface area (Å²) in [7, 11) is 5.21. The maximum Gasteiger partial charge on any atom is 0.122 e. The van der Waals surface area contributed by atoms with Crippen molar-refractivity contribution in [2.45, 2.75) is 23.8 Å². The number of methoxy groups -OCH3 is 3. The van der Waals surface area contributed by atoms with Crippen molar-refractivity contribution in [1.82, 2.24) is 4.90 Å². The molecule has 1 aromatic carbocycles. The van der Waals surface area contributed by atoms with Crippen molar-refractivity contribution in [3.8, 4) is 11.5 Å². The zero-order chi connectivity index (χ0) is 14.9. The van der Waals surface area contributed by atoms with Crippen molar-refractivity contribution in [1.29, 1.82) is 0 Å². The molecule has 1 aromatic rings. The van der Waals surface area contributed by atoms with E-state index in [4.69, 9.17) is 14.2 Å². The first-order chi connectivity index (χ1) is 10.2. The molecule has 116 valence electrons. The molecule has 4 nitrogen and oxygen atoms in total. The standard InChI is InChI=1S/C16H23NO3S/c1-18-13-4-12(5-14(6-13)19-2)8-17-10-16(11-17)7-15(20-3)9-21-16/h4-6,15H,7-11H2,1-3H3/t15-/m0/s1. The fourth-order valence-corrected chi connectivity index (χ4v) is 4.92. The van der Waals surface area contributed by atoms with Gasteiger partial charge in [-0.3, -0.25) is 4.90 Å². The summed E-state index contributed by atoms with van der Waals surface area (Å²) >= 11 is 2.08. The van der Waals surface area contributed by atoms with E-state index in [1.54, 1.807) is 14.2 Å². The first-order valence-corrected chi connectivity index (χ1v) is 8.26. The van der Waals surface area contributed by atoms with E-state index in [1.807, 2.05) is 13.2 Å². The number of rotatable bonds is 5. The Kier molecular flexibility index (Phi) is 4.33. The minimum absolute atomic E-state index is 0.434. The van der Waals surface area contributed by atoms with Crippen LogP contribution in [0.3, 0.4) is 0 Å². The van der Waals surface area contributed by atoms with Crippen LogP contribution in [-0.4, -0.2) is 55.9 Å². The number of ether oxygens (including phenoxy) is 3. The van der Waals surface area contributed by atoms with Gasteiger partial charge in [0.25, 0.3) is 0 Å². The highest BCUT2D eigenvalue weighted by atomic mass is 32.2. The molecule has 0 aliphatic carbocycles. The number of benzene rings is 1. The lowest BCUT2D eigenvalue weighted by atomic mass is 9.92. The lowest BCUT2D eigenvalue weighted by molar-refractivity contribution is 0.0630. The number of nitrogens with zero attached hydrogens (tertiary/aromatic N) is 1. The second kappa shape index (κ2) is 6.07. The average molecular weight is 309 g/mol. The van der Waals surface area contributed by atoms with E-state index in [0.717, 1.165) is 36.9 Å². The van der Waals surface area contributed by atoms with Crippen LogP contribution in [0.2, 0.25) is 0 Å². The number of thioether (sulfide) groups is 1. The van der Waals surface area contributed by atoms with Crippen LogP contribution in [0.4, 0.5) is 0 Å². The molecule has 3 rings (SSSR count). The fraction of sp³-hybridized carbons (Fsp3) is 0.625. The van der Waals surface area contributed by atoms with E-state index in [-0.39, 0.29) is 0 Å². The van der Waals surface area contributed by atoms with Crippen LogP contribution in [0.15, 0.2) is 18.2 Å². The van der Waals surface area contributed by atoms with Gasteiger partial charge in [-0.25, -0.2) is 0 Å². The van der Waals surface area contributed by atoms with Crippen LogP contribution in [-0.2, 0) is 11.3 Å². The topological polar surface area (TPSA) is 30.9 Å². The van der Waals surface area contributed by atoms with E-state index < -0.39 is 0 Å². The highest BCUT2D eigenvalue weighted by Crippen LogP contribution is 2.46. The third kappa shape index (κ3) is 3.15. The third-order valence-corrected chi connectivity index (χ3v) is 5.93. The summed E-state index contributed by atoms with van der Waals surface area (Å²) in [5, 5.41) is 0. The summed E-state index contributed by atoms with van der Waals surface area (Å²) < 4.78 is 16.6. The first-order valence-electron chi connectivity index (χ1n) is 7.27. The molecule has 1 spiro atoms. The normalized spacial score (nSPS) is 24.0. The zero-order valence-corrected chi connectivity index (χ0v) is 13.7. The SMILES string of the molecule is COc1cc(CN2CC3(C[C@H](OC)CS3)C2)cc(OC)c1. The van der Waals surface area contributed by atoms with Gasteiger partial charge in [-0.2, -0.15) is 0 Å². The Bertz CT molecular complexity index is 480. The highest BCUT2D eigenvalue weighted by molar-refractivity contribution is 8.01. The Morgan fingerprint density at radius 1 is 1.14 bits per heavy atom. The van der Waals surface area contributed by atoms with Crippen LogP contribution >= 0.6 is 11.8 Å². The van der Waals surface area contributed by atoms with Gasteiger partial charge < -0.3 is 14.2 Å². The first kappa shape index (κ1) is 15.0. The molecule has 21 heavy (non-hydrogen) atoms. The molecule has 1 atom stereocenters. The number of hydrogen-bond donors (Lipinski definition) is 0. The smallest absolute Gasteiger partial charge is 0.122 e. The Balaban J connectivity index is 1.59. The number of likely N-dealkylation sites (tertiary alicyclic amines) is 1. The molecule has 0 bridgehead atoms. The summed E-state index contributed by atoms with van der Waals surface area (Å²) in [6, 6.07) is 6.09. The lowest BCUT2D eigenvalue weighted by Crippen LogP contribution is -2.58. The summed E-state index contributed by atoms with van der Waals surface area (Å²) in [5.41, 5.74) is 1.24. The second-order valence-electron chi connectivity index (χ2n) is 5.92. The lowest BCUT2D eigenvalue weighted by Gasteiger charge is -2.47. The molecule has 0 aromatic heterocycles. The third-order valence-electron chi connectivity index (χ3n) is 4.35.